The first-order chi connectivity index (χ1) is 10.1. The molecule has 0 saturated carbocycles. The lowest BCUT2D eigenvalue weighted by Crippen LogP contribution is -2.04. The summed E-state index contributed by atoms with van der Waals surface area (Å²) in [4.78, 5) is 8.93. The number of nitrogens with one attached hydrogen (secondary N) is 1. The lowest BCUT2D eigenvalue weighted by Gasteiger charge is -2.11. The average molecular weight is 354 g/mol. The molecule has 6 nitrogen and oxygen atoms in total. The number of aromatic nitrogens is 2. The smallest absolute Gasteiger partial charge is 0.162 e. The third-order valence-corrected chi connectivity index (χ3v) is 3.71. The van der Waals surface area contributed by atoms with Crippen LogP contribution in [0.4, 0.5) is 5.82 Å². The summed E-state index contributed by atoms with van der Waals surface area (Å²) in [6.45, 7) is 0.361. The molecule has 21 heavy (non-hydrogen) atoms. The maximum absolute atomic E-state index is 9.66. The van der Waals surface area contributed by atoms with Crippen molar-refractivity contribution in [3.63, 3.8) is 0 Å². The third-order valence-electron chi connectivity index (χ3n) is 2.88. The Kier molecular flexibility index (Phi) is 4.98. The fourth-order valence-corrected chi connectivity index (χ4v) is 2.33. The minimum Gasteiger partial charge on any atom is -0.504 e. The zero-order valence-corrected chi connectivity index (χ0v) is 13.6. The highest BCUT2D eigenvalue weighted by atomic mass is 79.9. The Bertz CT molecular complexity index is 650. The summed E-state index contributed by atoms with van der Waals surface area (Å²) in [6.07, 6.45) is 0. The van der Waals surface area contributed by atoms with Gasteiger partial charge in [0.25, 0.3) is 0 Å². The molecule has 1 aromatic carbocycles. The summed E-state index contributed by atoms with van der Waals surface area (Å²) < 4.78 is 11.0. The van der Waals surface area contributed by atoms with Crippen LogP contribution in [0.15, 0.2) is 22.7 Å². The van der Waals surface area contributed by atoms with E-state index in [4.69, 9.17) is 9.47 Å². The number of aromatic hydroxyl groups is 1. The van der Waals surface area contributed by atoms with Crippen LogP contribution in [0, 0.1) is 0 Å². The van der Waals surface area contributed by atoms with Gasteiger partial charge in [-0.05, 0) is 34.1 Å². The molecule has 2 rings (SSSR count). The molecule has 112 valence electrons. The molecule has 2 aromatic rings. The van der Waals surface area contributed by atoms with Crippen molar-refractivity contribution < 1.29 is 14.6 Å². The van der Waals surface area contributed by atoms with Crippen LogP contribution >= 0.6 is 15.9 Å². The van der Waals surface area contributed by atoms with Crippen molar-refractivity contribution in [2.45, 2.75) is 6.61 Å². The molecule has 0 fully saturated rings. The van der Waals surface area contributed by atoms with Crippen LogP contribution in [0.2, 0.25) is 0 Å². The quantitative estimate of drug-likeness (QED) is 0.860. The fraction of sp³-hybridized carbons (Fsp3) is 0.286. The Morgan fingerprint density at radius 3 is 2.67 bits per heavy atom. The highest BCUT2D eigenvalue weighted by Crippen LogP contribution is 2.32. The Balaban J connectivity index is 2.55. The Labute approximate surface area is 131 Å². The molecule has 1 aromatic heterocycles. The number of methoxy groups -OCH3 is 2. The number of hydrogen-bond acceptors (Lipinski definition) is 6. The number of halogens is 1. The zero-order chi connectivity index (χ0) is 15.4. The molecular formula is C14H16BrN3O3. The number of anilines is 1. The van der Waals surface area contributed by atoms with E-state index in [1.807, 2.05) is 0 Å². The first kappa shape index (κ1) is 15.5. The molecule has 0 unspecified atom stereocenters. The van der Waals surface area contributed by atoms with Gasteiger partial charge in [-0.15, -0.1) is 0 Å². The molecule has 0 radical (unpaired) electrons. The summed E-state index contributed by atoms with van der Waals surface area (Å²) in [5.41, 5.74) is 1.48. The number of nitrogens with zero attached hydrogens (tertiary/aromatic N) is 2. The number of phenolic OH excluding ortho intramolecular Hbond substituents is 1. The van der Waals surface area contributed by atoms with E-state index >= 15 is 0 Å². The van der Waals surface area contributed by atoms with Gasteiger partial charge in [0.2, 0.25) is 0 Å². The van der Waals surface area contributed by atoms with Crippen molar-refractivity contribution in [1.82, 2.24) is 9.97 Å². The van der Waals surface area contributed by atoms with Crippen molar-refractivity contribution in [2.24, 2.45) is 0 Å². The number of phenols is 1. The van der Waals surface area contributed by atoms with Crippen LogP contribution in [0.25, 0.3) is 11.4 Å². The second kappa shape index (κ2) is 6.73. The predicted octanol–water partition coefficient (Wildman–Crippen LogP) is 2.81. The fourth-order valence-electron chi connectivity index (χ4n) is 1.84. The SMILES string of the molecule is CNc1nc(-c2ccc(O)c(OC)c2)nc(COC)c1Br. The van der Waals surface area contributed by atoms with Gasteiger partial charge < -0.3 is 19.9 Å². The van der Waals surface area contributed by atoms with Crippen molar-refractivity contribution >= 4 is 21.7 Å². The second-order valence-corrected chi connectivity index (χ2v) is 5.02. The Hall–Kier alpha value is -1.86. The number of ether oxygens (including phenoxy) is 2. The van der Waals surface area contributed by atoms with Gasteiger partial charge in [-0.1, -0.05) is 0 Å². The van der Waals surface area contributed by atoms with Crippen LogP contribution in [0.1, 0.15) is 5.69 Å². The van der Waals surface area contributed by atoms with Gasteiger partial charge in [0.1, 0.15) is 5.82 Å². The highest BCUT2D eigenvalue weighted by Gasteiger charge is 2.14. The molecule has 0 aliphatic rings. The number of hydrogen-bond donors (Lipinski definition) is 2. The lowest BCUT2D eigenvalue weighted by atomic mass is 10.2. The Morgan fingerprint density at radius 2 is 2.05 bits per heavy atom. The minimum absolute atomic E-state index is 0.0734. The third kappa shape index (κ3) is 3.25. The van der Waals surface area contributed by atoms with Gasteiger partial charge in [-0.2, -0.15) is 0 Å². The topological polar surface area (TPSA) is 76.5 Å². The molecular weight excluding hydrogens is 338 g/mol. The van der Waals surface area contributed by atoms with Gasteiger partial charge in [-0.25, -0.2) is 9.97 Å². The normalized spacial score (nSPS) is 10.5. The molecule has 0 atom stereocenters. The number of rotatable bonds is 5. The molecule has 0 aliphatic carbocycles. The second-order valence-electron chi connectivity index (χ2n) is 4.23. The van der Waals surface area contributed by atoms with E-state index in [0.717, 1.165) is 15.7 Å². The van der Waals surface area contributed by atoms with Crippen molar-refractivity contribution in [3.05, 3.63) is 28.4 Å². The van der Waals surface area contributed by atoms with E-state index in [0.29, 0.717) is 24.0 Å². The first-order valence-corrected chi connectivity index (χ1v) is 7.00. The van der Waals surface area contributed by atoms with Crippen LogP contribution in [0.3, 0.4) is 0 Å². The van der Waals surface area contributed by atoms with Crippen LogP contribution < -0.4 is 10.1 Å². The average Bonchev–Trinajstić information content (AvgIpc) is 2.50. The molecule has 2 N–H and O–H groups in total. The number of benzene rings is 1. The van der Waals surface area contributed by atoms with Gasteiger partial charge in [-0.3, -0.25) is 0 Å². The summed E-state index contributed by atoms with van der Waals surface area (Å²) in [6, 6.07) is 4.97. The largest absolute Gasteiger partial charge is 0.504 e. The standard InChI is InChI=1S/C14H16BrN3O3/c1-16-14-12(15)9(7-20-2)17-13(18-14)8-4-5-10(19)11(6-8)21-3/h4-6,19H,7H2,1-3H3,(H,16,17,18). The van der Waals surface area contributed by atoms with Crippen LogP contribution in [-0.4, -0.2) is 36.3 Å². The summed E-state index contributed by atoms with van der Waals surface area (Å²) in [5.74, 6) is 1.63. The lowest BCUT2D eigenvalue weighted by molar-refractivity contribution is 0.181. The molecule has 0 spiro atoms. The molecule has 7 heteroatoms. The predicted molar refractivity (Wildman–Crippen MR) is 83.6 cm³/mol. The van der Waals surface area contributed by atoms with E-state index in [2.05, 4.69) is 31.2 Å². The summed E-state index contributed by atoms with van der Waals surface area (Å²) in [5, 5.41) is 12.7. The van der Waals surface area contributed by atoms with Gasteiger partial charge in [0.15, 0.2) is 17.3 Å². The van der Waals surface area contributed by atoms with Crippen LogP contribution in [0.5, 0.6) is 11.5 Å². The molecule has 1 heterocycles. The molecule has 0 aliphatic heterocycles. The van der Waals surface area contributed by atoms with Gasteiger partial charge in [0.05, 0.1) is 23.9 Å². The van der Waals surface area contributed by atoms with E-state index in [1.165, 1.54) is 7.11 Å². The van der Waals surface area contributed by atoms with Crippen molar-refractivity contribution in [2.75, 3.05) is 26.6 Å². The van der Waals surface area contributed by atoms with E-state index in [9.17, 15) is 5.11 Å². The minimum atomic E-state index is 0.0734. The van der Waals surface area contributed by atoms with Gasteiger partial charge >= 0.3 is 0 Å². The van der Waals surface area contributed by atoms with E-state index < -0.39 is 0 Å². The van der Waals surface area contributed by atoms with Crippen LogP contribution in [-0.2, 0) is 11.3 Å². The van der Waals surface area contributed by atoms with E-state index in [-0.39, 0.29) is 5.75 Å². The Morgan fingerprint density at radius 1 is 1.29 bits per heavy atom. The first-order valence-electron chi connectivity index (χ1n) is 6.21. The molecule has 0 amide bonds. The maximum atomic E-state index is 9.66. The molecule has 0 bridgehead atoms. The van der Waals surface area contributed by atoms with Crippen molar-refractivity contribution in [3.8, 4) is 22.9 Å². The maximum Gasteiger partial charge on any atom is 0.162 e. The van der Waals surface area contributed by atoms with Gasteiger partial charge in [0, 0.05) is 19.7 Å². The highest BCUT2D eigenvalue weighted by molar-refractivity contribution is 9.10. The summed E-state index contributed by atoms with van der Waals surface area (Å²) in [7, 11) is 4.89. The zero-order valence-electron chi connectivity index (χ0n) is 12.0. The van der Waals surface area contributed by atoms with Crippen molar-refractivity contribution in [1.29, 1.82) is 0 Å². The monoisotopic (exact) mass is 353 g/mol. The summed E-state index contributed by atoms with van der Waals surface area (Å²) >= 11 is 3.46. The van der Waals surface area contributed by atoms with E-state index in [1.54, 1.807) is 32.4 Å². The molecule has 0 saturated heterocycles.